The Bertz CT molecular complexity index is 85.2. The summed E-state index contributed by atoms with van der Waals surface area (Å²) in [7, 11) is -4.64. The van der Waals surface area contributed by atoms with Crippen LogP contribution in [-0.2, 0) is 4.57 Å². The minimum absolute atomic E-state index is 0. The van der Waals surface area contributed by atoms with Crippen LogP contribution in [-0.4, -0.2) is 14.7 Å². The van der Waals surface area contributed by atoms with Gasteiger partial charge in [0.1, 0.15) is 0 Å². The van der Waals surface area contributed by atoms with Crippen LogP contribution in [0.1, 0.15) is 0 Å². The van der Waals surface area contributed by atoms with Crippen LogP contribution in [0.5, 0.6) is 0 Å². The summed E-state index contributed by atoms with van der Waals surface area (Å²) in [6.07, 6.45) is 0. The topological polar surface area (TPSA) is 125 Å². The fourth-order valence-corrected chi connectivity index (χ4v) is 0. The molecule has 0 aromatic heterocycles. The summed E-state index contributed by atoms with van der Waals surface area (Å²) >= 11 is 0. The molecule has 0 radical (unpaired) electrons. The van der Waals surface area contributed by atoms with E-state index in [0.29, 0.717) is 0 Å². The summed E-state index contributed by atoms with van der Waals surface area (Å²) in [5.41, 5.74) is 0. The average Bonchev–Trinajstić information content (AvgIpc) is 1.36. The minimum Gasteiger partial charge on any atom is -0.303 e. The van der Waals surface area contributed by atoms with Crippen LogP contribution < -0.4 is 0 Å². The predicted octanol–water partition coefficient (Wildman–Crippen LogP) is -0.746. The Kier molecular flexibility index (Phi) is 12.6. The van der Waals surface area contributed by atoms with Gasteiger partial charge in [0.15, 0.2) is 0 Å². The van der Waals surface area contributed by atoms with Crippen LogP contribution in [0, 0.1) is 10.8 Å². The van der Waals surface area contributed by atoms with E-state index >= 15 is 0 Å². The molecule has 8 heteroatoms. The maximum Gasteiger partial charge on any atom is 0.466 e. The average molecular weight is 146 g/mol. The summed E-state index contributed by atoms with van der Waals surface area (Å²) in [5.74, 6) is 0. The van der Waals surface area contributed by atoms with Crippen molar-refractivity contribution in [2.24, 2.45) is 0 Å². The Morgan fingerprint density at radius 2 is 1.12 bits per heavy atom. The third kappa shape index (κ3) is 372. The zero-order chi connectivity index (χ0) is 6.50. The molecule has 0 heterocycles. The van der Waals surface area contributed by atoms with Crippen LogP contribution in [0.4, 0.5) is 4.70 Å². The molecule has 0 bridgehead atoms. The summed E-state index contributed by atoms with van der Waals surface area (Å²) in [6.45, 7) is 0. The number of phosphoric acid groups is 1. The summed E-state index contributed by atoms with van der Waals surface area (Å²) in [4.78, 5) is 21.6. The van der Waals surface area contributed by atoms with Gasteiger partial charge in [-0.15, -0.1) is 0 Å². The van der Waals surface area contributed by atoms with E-state index in [1.54, 1.807) is 0 Å². The molecule has 0 aliphatic rings. The van der Waals surface area contributed by atoms with Crippen molar-refractivity contribution in [1.29, 1.82) is 10.8 Å². The second-order valence-corrected chi connectivity index (χ2v) is 1.54. The molecule has 0 unspecified atom stereocenters. The largest absolute Gasteiger partial charge is 0.466 e. The number of hydrogen-bond donors (Lipinski definition) is 3. The molecule has 50 valence electrons. The number of hydrogen-bond acceptors (Lipinski definition) is 3. The molecule has 0 atom stereocenters. The lowest BCUT2D eigenvalue weighted by atomic mass is 13.4. The fourth-order valence-electron chi connectivity index (χ4n) is 0. The first kappa shape index (κ1) is 15.7. The van der Waals surface area contributed by atoms with E-state index < -0.39 is 7.82 Å². The van der Waals surface area contributed by atoms with Gasteiger partial charge < -0.3 is 14.7 Å². The highest BCUT2D eigenvalue weighted by molar-refractivity contribution is 7.45. The zero-order valence-corrected chi connectivity index (χ0v) is 4.39. The van der Waals surface area contributed by atoms with Crippen molar-refractivity contribution in [2.45, 2.75) is 0 Å². The molecule has 0 amide bonds. The molecule has 6 nitrogen and oxygen atoms in total. The summed E-state index contributed by atoms with van der Waals surface area (Å²) in [5, 5.41) is 12.0. The van der Waals surface area contributed by atoms with Gasteiger partial charge in [0.05, 0.1) is 0 Å². The molecule has 0 saturated carbocycles. The fraction of sp³-hybridized carbons (Fsp3) is 0. The normalized spacial score (nSPS) is 7.62. The summed E-state index contributed by atoms with van der Waals surface area (Å²) < 4.78 is 8.88. The quantitative estimate of drug-likeness (QED) is 0.305. The first-order valence-corrected chi connectivity index (χ1v) is 2.55. The van der Waals surface area contributed by atoms with Crippen molar-refractivity contribution < 1.29 is 23.9 Å². The minimum atomic E-state index is -4.64. The van der Waals surface area contributed by atoms with Gasteiger partial charge >= 0.3 is 7.82 Å². The van der Waals surface area contributed by atoms with E-state index in [1.165, 1.54) is 0 Å². The number of nitrogens with zero attached hydrogens (tertiary/aromatic N) is 2. The van der Waals surface area contributed by atoms with Gasteiger partial charge in [0, 0.05) is 10.8 Å². The van der Waals surface area contributed by atoms with Crippen LogP contribution in [0.3, 0.4) is 0 Å². The van der Waals surface area contributed by atoms with Crippen LogP contribution >= 0.6 is 7.82 Å². The molecule has 0 aliphatic heterocycles. The third-order valence-corrected chi connectivity index (χ3v) is 0. The van der Waals surface area contributed by atoms with Crippen LogP contribution in [0.15, 0.2) is 0 Å². The van der Waals surface area contributed by atoms with Gasteiger partial charge in [-0.05, 0) is 0 Å². The zero-order valence-electron chi connectivity index (χ0n) is 3.50. The van der Waals surface area contributed by atoms with Crippen LogP contribution in [0.2, 0.25) is 0 Å². The second kappa shape index (κ2) is 6.46. The Morgan fingerprint density at radius 1 is 1.12 bits per heavy atom. The molecule has 3 N–H and O–H groups in total. The highest BCUT2D eigenvalue weighted by Gasteiger charge is 2.00. The first-order chi connectivity index (χ1) is 3.00. The third-order valence-electron chi connectivity index (χ3n) is 0. The van der Waals surface area contributed by atoms with Crippen molar-refractivity contribution in [3.63, 3.8) is 0 Å². The van der Waals surface area contributed by atoms with E-state index in [0.717, 1.165) is 0 Å². The van der Waals surface area contributed by atoms with Crippen molar-refractivity contribution in [3.05, 3.63) is 0 Å². The molecular weight excluding hydrogens is 142 g/mol. The molecule has 0 spiro atoms. The monoisotopic (exact) mass is 146 g/mol. The summed E-state index contributed by atoms with van der Waals surface area (Å²) in [6, 6.07) is 0. The molecular formula is H4FN2O4P. The predicted molar refractivity (Wildman–Crippen MR) is 20.2 cm³/mol. The molecule has 0 aromatic carbocycles. The Labute approximate surface area is 43.8 Å². The van der Waals surface area contributed by atoms with E-state index in [1.807, 2.05) is 0 Å². The van der Waals surface area contributed by atoms with Gasteiger partial charge in [-0.3, -0.25) is 4.70 Å². The Balaban J connectivity index is -0.0000000750. The Morgan fingerprint density at radius 3 is 1.12 bits per heavy atom. The van der Waals surface area contributed by atoms with E-state index in [-0.39, 0.29) is 4.70 Å². The van der Waals surface area contributed by atoms with Gasteiger partial charge in [0.2, 0.25) is 0 Å². The van der Waals surface area contributed by atoms with E-state index in [4.69, 9.17) is 30.0 Å². The lowest BCUT2D eigenvalue weighted by Crippen LogP contribution is -1.66. The van der Waals surface area contributed by atoms with Crippen LogP contribution in [0.25, 0.3) is 0 Å². The van der Waals surface area contributed by atoms with Crippen molar-refractivity contribution in [2.75, 3.05) is 0 Å². The van der Waals surface area contributed by atoms with Gasteiger partial charge in [-0.2, -0.15) is 0 Å². The standard InChI is InChI=1S/FH.N2.H3O4P/c;1-2;1-5(2,3)4/h1H;;(H3,1,2,3,4). The van der Waals surface area contributed by atoms with Gasteiger partial charge in [0.25, 0.3) is 0 Å². The molecule has 0 fully saturated rings. The maximum atomic E-state index is 8.88. The Hall–Kier alpha value is -0.540. The lowest BCUT2D eigenvalue weighted by Gasteiger charge is -1.82. The lowest BCUT2D eigenvalue weighted by molar-refractivity contribution is 0.275. The molecule has 8 heavy (non-hydrogen) atoms. The van der Waals surface area contributed by atoms with Gasteiger partial charge in [-0.1, -0.05) is 0 Å². The highest BCUT2D eigenvalue weighted by atomic mass is 31.2. The van der Waals surface area contributed by atoms with Gasteiger partial charge in [-0.25, -0.2) is 4.57 Å². The first-order valence-electron chi connectivity index (χ1n) is 0.983. The SMILES string of the molecule is F.N#N.O=P(O)(O)O. The second-order valence-electron chi connectivity index (χ2n) is 0.513. The van der Waals surface area contributed by atoms with E-state index in [2.05, 4.69) is 0 Å². The number of halogens is 1. The molecule has 0 aliphatic carbocycles. The maximum absolute atomic E-state index is 8.88. The number of rotatable bonds is 0. The smallest absolute Gasteiger partial charge is 0.303 e. The van der Waals surface area contributed by atoms with Crippen molar-refractivity contribution in [1.82, 2.24) is 0 Å². The molecule has 0 rings (SSSR count). The molecule has 0 aromatic rings. The van der Waals surface area contributed by atoms with Crippen molar-refractivity contribution >= 4 is 7.82 Å². The van der Waals surface area contributed by atoms with Crippen molar-refractivity contribution in [3.8, 4) is 0 Å². The van der Waals surface area contributed by atoms with E-state index in [9.17, 15) is 0 Å². The molecule has 0 saturated heterocycles. The highest BCUT2D eigenvalue weighted by Crippen LogP contribution is 2.25.